The van der Waals surface area contributed by atoms with E-state index in [2.05, 4.69) is 22.2 Å². The van der Waals surface area contributed by atoms with Crippen LogP contribution in [0.5, 0.6) is 17.2 Å². The third-order valence-electron chi connectivity index (χ3n) is 5.68. The topological polar surface area (TPSA) is 154 Å². The van der Waals surface area contributed by atoms with E-state index < -0.39 is 10.0 Å². The number of rotatable bonds is 12. The lowest BCUT2D eigenvalue weighted by atomic mass is 10.2. The Kier molecular flexibility index (Phi) is 10.0. The lowest BCUT2D eigenvalue weighted by Gasteiger charge is -2.24. The molecule has 0 radical (unpaired) electrons. The van der Waals surface area contributed by atoms with Crippen LogP contribution < -0.4 is 40.6 Å². The summed E-state index contributed by atoms with van der Waals surface area (Å²) in [7, 11) is 2.17. The van der Waals surface area contributed by atoms with Crippen LogP contribution in [-0.4, -0.2) is 42.6 Å². The molecule has 11 nitrogen and oxygen atoms in total. The van der Waals surface area contributed by atoms with E-state index in [1.807, 2.05) is 30.3 Å². The van der Waals surface area contributed by atoms with Crippen LogP contribution in [0.25, 0.3) is 0 Å². The van der Waals surface area contributed by atoms with E-state index in [0.717, 1.165) is 5.56 Å². The zero-order valence-electron chi connectivity index (χ0n) is 22.8. The van der Waals surface area contributed by atoms with Gasteiger partial charge >= 0.3 is 0 Å². The first-order valence-corrected chi connectivity index (χ1v) is 13.6. The number of nitrogens with two attached hydrogens (primary N) is 2. The van der Waals surface area contributed by atoms with E-state index in [1.165, 1.54) is 33.6 Å². The fourth-order valence-electron chi connectivity index (χ4n) is 3.99. The maximum Gasteiger partial charge on any atom is 0.242 e. The molecule has 3 rings (SSSR count). The van der Waals surface area contributed by atoms with E-state index in [1.54, 1.807) is 42.3 Å². The van der Waals surface area contributed by atoms with Crippen molar-refractivity contribution in [3.63, 3.8) is 0 Å². The highest BCUT2D eigenvalue weighted by Crippen LogP contribution is 2.40. The van der Waals surface area contributed by atoms with Crippen LogP contribution in [0.1, 0.15) is 5.56 Å². The molecule has 0 aliphatic rings. The molecule has 0 saturated heterocycles. The molecule has 0 saturated carbocycles. The van der Waals surface area contributed by atoms with E-state index in [0.29, 0.717) is 35.2 Å². The van der Waals surface area contributed by atoms with Gasteiger partial charge in [0, 0.05) is 31.4 Å². The van der Waals surface area contributed by atoms with Crippen molar-refractivity contribution in [1.29, 1.82) is 0 Å². The Labute approximate surface area is 234 Å². The molecule has 12 heteroatoms. The van der Waals surface area contributed by atoms with Crippen LogP contribution >= 0.6 is 0 Å². The highest BCUT2D eigenvalue weighted by Gasteiger charge is 2.22. The standard InChI is InChI=1S/C28H34N6O5S/c1-19(31-21-16-24(37-3)27(39-5)25(17-21)38-4)32-26(14-15-29)33-22-12-9-13-23(28(22)40(30,35)36)34(2)18-20-10-7-6-8-11-20/h6-17,31H,1,18,29H2,2-5H3,(H,32,33)(H2,30,35,36)/b15-14-. The van der Waals surface area contributed by atoms with Gasteiger partial charge in [-0.25, -0.2) is 18.5 Å². The Morgan fingerprint density at radius 1 is 1.00 bits per heavy atom. The van der Waals surface area contributed by atoms with Crippen molar-refractivity contribution in [3.8, 4) is 17.2 Å². The first-order valence-electron chi connectivity index (χ1n) is 12.0. The van der Waals surface area contributed by atoms with Crippen LogP contribution in [0.15, 0.2) is 95.2 Å². The summed E-state index contributed by atoms with van der Waals surface area (Å²) < 4.78 is 41.7. The molecule has 0 fully saturated rings. The summed E-state index contributed by atoms with van der Waals surface area (Å²) in [6.07, 6.45) is 2.73. The van der Waals surface area contributed by atoms with Crippen molar-refractivity contribution in [2.75, 3.05) is 43.9 Å². The van der Waals surface area contributed by atoms with Gasteiger partial charge in [0.2, 0.25) is 15.8 Å². The fraction of sp³-hybridized carbons (Fsp3) is 0.179. The minimum absolute atomic E-state index is 0.0882. The van der Waals surface area contributed by atoms with Crippen molar-refractivity contribution in [2.24, 2.45) is 15.9 Å². The number of nitrogens with zero attached hydrogens (tertiary/aromatic N) is 2. The van der Waals surface area contributed by atoms with Crippen molar-refractivity contribution in [2.45, 2.75) is 11.4 Å². The lowest BCUT2D eigenvalue weighted by Crippen LogP contribution is -2.24. The molecule has 212 valence electrons. The summed E-state index contributed by atoms with van der Waals surface area (Å²) in [5.74, 6) is 1.74. The van der Waals surface area contributed by atoms with E-state index in [-0.39, 0.29) is 22.2 Å². The Morgan fingerprint density at radius 2 is 1.65 bits per heavy atom. The number of hydrogen-bond donors (Lipinski definition) is 4. The summed E-state index contributed by atoms with van der Waals surface area (Å²) in [5.41, 5.74) is 7.87. The maximum absolute atomic E-state index is 12.8. The predicted molar refractivity (Wildman–Crippen MR) is 160 cm³/mol. The third kappa shape index (κ3) is 7.46. The lowest BCUT2D eigenvalue weighted by molar-refractivity contribution is 0.324. The van der Waals surface area contributed by atoms with Gasteiger partial charge < -0.3 is 35.5 Å². The first kappa shape index (κ1) is 29.9. The molecule has 0 bridgehead atoms. The van der Waals surface area contributed by atoms with Crippen LogP contribution in [-0.2, 0) is 16.6 Å². The van der Waals surface area contributed by atoms with Gasteiger partial charge in [-0.15, -0.1) is 0 Å². The van der Waals surface area contributed by atoms with Crippen LogP contribution in [0.4, 0.5) is 17.1 Å². The zero-order chi connectivity index (χ0) is 29.3. The highest BCUT2D eigenvalue weighted by molar-refractivity contribution is 7.89. The van der Waals surface area contributed by atoms with Crippen LogP contribution in [0.2, 0.25) is 0 Å². The maximum atomic E-state index is 12.8. The molecule has 0 unspecified atom stereocenters. The molecule has 6 N–H and O–H groups in total. The molecule has 0 atom stereocenters. The number of primary sulfonamides is 1. The minimum Gasteiger partial charge on any atom is -0.493 e. The van der Waals surface area contributed by atoms with Gasteiger partial charge in [0.1, 0.15) is 16.6 Å². The van der Waals surface area contributed by atoms with E-state index in [4.69, 9.17) is 25.1 Å². The van der Waals surface area contributed by atoms with E-state index in [9.17, 15) is 8.42 Å². The summed E-state index contributed by atoms with van der Waals surface area (Å²) in [5, 5.41) is 11.8. The average molecular weight is 567 g/mol. The van der Waals surface area contributed by atoms with Crippen molar-refractivity contribution < 1.29 is 22.6 Å². The molecule has 0 aliphatic heterocycles. The normalized spacial score (nSPS) is 11.7. The Bertz CT molecular complexity index is 1480. The van der Waals surface area contributed by atoms with Gasteiger partial charge in [-0.1, -0.05) is 43.0 Å². The zero-order valence-corrected chi connectivity index (χ0v) is 23.7. The number of methoxy groups -OCH3 is 3. The van der Waals surface area contributed by atoms with Gasteiger partial charge in [0.15, 0.2) is 11.5 Å². The van der Waals surface area contributed by atoms with Crippen molar-refractivity contribution in [3.05, 3.63) is 90.9 Å². The number of aliphatic imine (C=N–C) groups is 1. The summed E-state index contributed by atoms with van der Waals surface area (Å²) in [6, 6.07) is 18.1. The predicted octanol–water partition coefficient (Wildman–Crippen LogP) is 3.86. The molecule has 0 aromatic heterocycles. The first-order chi connectivity index (χ1) is 19.1. The summed E-state index contributed by atoms with van der Waals surface area (Å²) in [4.78, 5) is 6.17. The monoisotopic (exact) mass is 566 g/mol. The largest absolute Gasteiger partial charge is 0.493 e. The Morgan fingerprint density at radius 3 is 2.20 bits per heavy atom. The van der Waals surface area contributed by atoms with Gasteiger partial charge in [-0.05, 0) is 30.0 Å². The van der Waals surface area contributed by atoms with Gasteiger partial charge in [-0.3, -0.25) is 0 Å². The number of hydrogen-bond acceptors (Lipinski definition) is 9. The molecule has 0 aliphatic carbocycles. The molecule has 40 heavy (non-hydrogen) atoms. The number of anilines is 3. The van der Waals surface area contributed by atoms with Crippen LogP contribution in [0, 0.1) is 0 Å². The Balaban J connectivity index is 1.94. The number of amidine groups is 1. The second-order valence-electron chi connectivity index (χ2n) is 8.51. The molecule has 3 aromatic rings. The molecular formula is C28H34N6O5S. The van der Waals surface area contributed by atoms with Gasteiger partial charge in [-0.2, -0.15) is 0 Å². The average Bonchev–Trinajstić information content (AvgIpc) is 2.92. The molecule has 0 heterocycles. The van der Waals surface area contributed by atoms with Crippen molar-refractivity contribution >= 4 is 32.9 Å². The quantitative estimate of drug-likeness (QED) is 0.189. The van der Waals surface area contributed by atoms with Crippen LogP contribution in [0.3, 0.4) is 0 Å². The summed E-state index contributed by atoms with van der Waals surface area (Å²) in [6.45, 7) is 4.42. The molecule has 0 spiro atoms. The summed E-state index contributed by atoms with van der Waals surface area (Å²) >= 11 is 0. The second-order valence-corrected chi connectivity index (χ2v) is 10.0. The minimum atomic E-state index is -4.15. The number of nitrogens with one attached hydrogen (secondary N) is 2. The highest BCUT2D eigenvalue weighted by atomic mass is 32.2. The number of benzene rings is 3. The fourth-order valence-corrected chi connectivity index (χ4v) is 4.94. The second kappa shape index (κ2) is 13.4. The third-order valence-corrected chi connectivity index (χ3v) is 6.68. The molecule has 3 aromatic carbocycles. The van der Waals surface area contributed by atoms with Gasteiger partial charge in [0.05, 0.1) is 32.7 Å². The smallest absolute Gasteiger partial charge is 0.242 e. The SMILES string of the molecule is C=C(/N=C(\C=C/N)Nc1cccc(N(C)Cc2ccccc2)c1S(N)(=O)=O)Nc1cc(OC)c(OC)c(OC)c1. The molecule has 0 amide bonds. The molecular weight excluding hydrogens is 532 g/mol. The number of sulfonamides is 1. The van der Waals surface area contributed by atoms with Gasteiger partial charge in [0.25, 0.3) is 0 Å². The Hall–Kier alpha value is -4.68. The number of ether oxygens (including phenoxy) is 3. The van der Waals surface area contributed by atoms with Crippen molar-refractivity contribution in [1.82, 2.24) is 0 Å². The van der Waals surface area contributed by atoms with E-state index >= 15 is 0 Å².